The van der Waals surface area contributed by atoms with E-state index in [4.69, 9.17) is 14.4 Å². The highest BCUT2D eigenvalue weighted by atomic mass is 16.7. The third kappa shape index (κ3) is 3.49. The van der Waals surface area contributed by atoms with E-state index in [1.807, 2.05) is 34.6 Å². The van der Waals surface area contributed by atoms with E-state index in [2.05, 4.69) is 0 Å². The number of hydrogen-bond donors (Lipinski definition) is 2. The Kier molecular flexibility index (Phi) is 4.71. The quantitative estimate of drug-likeness (QED) is 0.835. The van der Waals surface area contributed by atoms with E-state index in [-0.39, 0.29) is 12.2 Å². The molecule has 0 aliphatic carbocycles. The number of rotatable bonds is 4. The van der Waals surface area contributed by atoms with Crippen LogP contribution in [-0.2, 0) is 9.31 Å². The van der Waals surface area contributed by atoms with E-state index in [1.54, 1.807) is 24.3 Å². The summed E-state index contributed by atoms with van der Waals surface area (Å²) in [6.45, 7) is 9.45. The van der Waals surface area contributed by atoms with E-state index in [0.29, 0.717) is 5.47 Å². The van der Waals surface area contributed by atoms with Gasteiger partial charge in [-0.3, -0.25) is 0 Å². The number of carbonyl (C=O) groups is 1. The van der Waals surface area contributed by atoms with E-state index >= 15 is 0 Å². The summed E-state index contributed by atoms with van der Waals surface area (Å²) in [6, 6.07) is 4.87. The zero-order chi connectivity index (χ0) is 17.4. The lowest BCUT2D eigenvalue weighted by atomic mass is 9.77. The van der Waals surface area contributed by atoms with Gasteiger partial charge < -0.3 is 19.5 Å². The molecule has 0 aromatic heterocycles. The van der Waals surface area contributed by atoms with Crippen LogP contribution >= 0.6 is 0 Å². The maximum Gasteiger partial charge on any atom is 0.492 e. The summed E-state index contributed by atoms with van der Waals surface area (Å²) in [5.41, 5.74) is 1.53. The molecule has 1 aromatic carbocycles. The molecule has 6 heteroatoms. The highest BCUT2D eigenvalue weighted by molar-refractivity contribution is 6.55. The second-order valence-electron chi connectivity index (χ2n) is 6.84. The van der Waals surface area contributed by atoms with Crippen molar-refractivity contribution in [2.24, 2.45) is 0 Å². The minimum absolute atomic E-state index is 0.197. The van der Waals surface area contributed by atoms with Crippen LogP contribution in [-0.4, -0.2) is 41.1 Å². The van der Waals surface area contributed by atoms with Crippen LogP contribution in [0.1, 0.15) is 49.2 Å². The average Bonchev–Trinajstić information content (AvgIpc) is 2.65. The molecule has 2 N–H and O–H groups in total. The summed E-state index contributed by atoms with van der Waals surface area (Å²) in [7, 11) is -0.622. The van der Waals surface area contributed by atoms with Gasteiger partial charge in [0, 0.05) is 0 Å². The van der Waals surface area contributed by atoms with Crippen molar-refractivity contribution in [3.8, 4) is 0 Å². The number of carboxylic acids is 1. The number of carboxylic acid groups (broad SMARTS) is 1. The lowest BCUT2D eigenvalue weighted by Gasteiger charge is -2.32. The molecule has 1 aliphatic heterocycles. The molecule has 1 saturated heterocycles. The number of aliphatic hydroxyl groups is 1. The van der Waals surface area contributed by atoms with Crippen LogP contribution in [0.5, 0.6) is 0 Å². The van der Waals surface area contributed by atoms with E-state index in [0.717, 1.165) is 11.1 Å². The summed E-state index contributed by atoms with van der Waals surface area (Å²) >= 11 is 0. The Labute approximate surface area is 137 Å². The average molecular weight is 318 g/mol. The smallest absolute Gasteiger partial charge is 0.478 e. The fourth-order valence-corrected chi connectivity index (χ4v) is 2.35. The summed E-state index contributed by atoms with van der Waals surface area (Å²) in [4.78, 5) is 11.0. The predicted molar refractivity (Wildman–Crippen MR) is 89.3 cm³/mol. The highest BCUT2D eigenvalue weighted by Crippen LogP contribution is 2.38. The van der Waals surface area contributed by atoms with Gasteiger partial charge in [0.15, 0.2) is 0 Å². The van der Waals surface area contributed by atoms with Crippen LogP contribution in [0.15, 0.2) is 23.7 Å². The molecule has 23 heavy (non-hydrogen) atoms. The van der Waals surface area contributed by atoms with Crippen molar-refractivity contribution in [3.63, 3.8) is 0 Å². The van der Waals surface area contributed by atoms with Crippen LogP contribution in [0, 0.1) is 6.92 Å². The molecule has 0 atom stereocenters. The number of aromatic carboxylic acids is 1. The second-order valence-corrected chi connectivity index (χ2v) is 6.84. The monoisotopic (exact) mass is 318 g/mol. The van der Waals surface area contributed by atoms with Gasteiger partial charge in [-0.2, -0.15) is 0 Å². The van der Waals surface area contributed by atoms with Gasteiger partial charge in [-0.05, 0) is 63.4 Å². The number of aliphatic hydroxyl groups excluding tert-OH is 1. The second kappa shape index (κ2) is 6.11. The number of aryl methyl sites for hydroxylation is 1. The minimum atomic E-state index is -0.961. The fourth-order valence-electron chi connectivity index (χ4n) is 2.35. The summed E-state index contributed by atoms with van der Waals surface area (Å²) in [5, 5.41) is 18.7. The number of hydrogen-bond acceptors (Lipinski definition) is 4. The Bertz CT molecular complexity index is 632. The Balaban J connectivity index is 2.32. The van der Waals surface area contributed by atoms with Crippen molar-refractivity contribution >= 4 is 19.2 Å². The van der Waals surface area contributed by atoms with Crippen molar-refractivity contribution in [2.45, 2.75) is 45.8 Å². The van der Waals surface area contributed by atoms with Crippen molar-refractivity contribution < 1.29 is 24.3 Å². The molecule has 0 radical (unpaired) electrons. The molecule has 5 nitrogen and oxygen atoms in total. The van der Waals surface area contributed by atoms with Gasteiger partial charge in [0.25, 0.3) is 0 Å². The van der Waals surface area contributed by atoms with Gasteiger partial charge in [0.1, 0.15) is 0 Å². The Hall–Kier alpha value is -1.63. The summed E-state index contributed by atoms with van der Waals surface area (Å²) < 4.78 is 11.9. The first-order valence-corrected chi connectivity index (χ1v) is 7.58. The maximum absolute atomic E-state index is 11.0. The summed E-state index contributed by atoms with van der Waals surface area (Å²) in [5.74, 6) is -0.961. The topological polar surface area (TPSA) is 76.0 Å². The fraction of sp³-hybridized carbons (Fsp3) is 0.471. The van der Waals surface area contributed by atoms with Crippen molar-refractivity contribution in [1.29, 1.82) is 0 Å². The van der Waals surface area contributed by atoms with Gasteiger partial charge in [-0.15, -0.1) is 0 Å². The minimum Gasteiger partial charge on any atom is -0.478 e. The molecule has 1 heterocycles. The van der Waals surface area contributed by atoms with Gasteiger partial charge in [0.05, 0.1) is 23.4 Å². The molecule has 0 bridgehead atoms. The third-order valence-electron chi connectivity index (χ3n) is 4.60. The van der Waals surface area contributed by atoms with Gasteiger partial charge in [-0.25, -0.2) is 4.79 Å². The number of benzene rings is 1. The molecule has 0 saturated carbocycles. The van der Waals surface area contributed by atoms with Crippen molar-refractivity contribution in [2.75, 3.05) is 6.61 Å². The van der Waals surface area contributed by atoms with Gasteiger partial charge in [0.2, 0.25) is 0 Å². The van der Waals surface area contributed by atoms with Crippen LogP contribution in [0.4, 0.5) is 0 Å². The largest absolute Gasteiger partial charge is 0.492 e. The Morgan fingerprint density at radius 3 is 2.22 bits per heavy atom. The Morgan fingerprint density at radius 1 is 1.22 bits per heavy atom. The van der Waals surface area contributed by atoms with Gasteiger partial charge >= 0.3 is 13.1 Å². The normalized spacial score (nSPS) is 19.9. The first-order valence-electron chi connectivity index (χ1n) is 7.58. The molecule has 1 fully saturated rings. The molecule has 2 rings (SSSR count). The van der Waals surface area contributed by atoms with Crippen molar-refractivity contribution in [1.82, 2.24) is 0 Å². The van der Waals surface area contributed by atoms with Gasteiger partial charge in [-0.1, -0.05) is 12.1 Å². The molecule has 0 spiro atoms. The van der Waals surface area contributed by atoms with Crippen molar-refractivity contribution in [3.05, 3.63) is 40.4 Å². The van der Waals surface area contributed by atoms with Crippen LogP contribution in [0.25, 0.3) is 6.08 Å². The SMILES string of the molecule is Cc1cc(C(=O)O)ccc1C=C(CO)B1OC(C)(C)C(C)(C)O1. The molecular formula is C17H23BO5. The van der Waals surface area contributed by atoms with E-state index in [1.165, 1.54) is 0 Å². The molecule has 0 unspecified atom stereocenters. The predicted octanol–water partition coefficient (Wildman–Crippen LogP) is 2.70. The summed E-state index contributed by atoms with van der Waals surface area (Å²) in [6.07, 6.45) is 1.79. The molecule has 1 aromatic rings. The molecular weight excluding hydrogens is 295 g/mol. The van der Waals surface area contributed by atoms with Crippen LogP contribution in [0.3, 0.4) is 0 Å². The first kappa shape index (κ1) is 17.7. The zero-order valence-corrected chi connectivity index (χ0v) is 14.2. The van der Waals surface area contributed by atoms with E-state index in [9.17, 15) is 9.90 Å². The Morgan fingerprint density at radius 2 is 1.78 bits per heavy atom. The van der Waals surface area contributed by atoms with E-state index < -0.39 is 24.3 Å². The molecule has 0 amide bonds. The lowest BCUT2D eigenvalue weighted by molar-refractivity contribution is 0.00578. The van der Waals surface area contributed by atoms with Crippen LogP contribution < -0.4 is 0 Å². The molecule has 124 valence electrons. The molecule has 1 aliphatic rings. The standard InChI is InChI=1S/C17H23BO5/c1-11-8-13(15(20)21)7-6-12(11)9-14(10-19)18-22-16(2,3)17(4,5)23-18/h6-9,19H,10H2,1-5H3,(H,20,21). The first-order chi connectivity index (χ1) is 10.6. The maximum atomic E-state index is 11.0. The van der Waals surface area contributed by atoms with Crippen LogP contribution in [0.2, 0.25) is 0 Å². The lowest BCUT2D eigenvalue weighted by Crippen LogP contribution is -2.41. The third-order valence-corrected chi connectivity index (χ3v) is 4.60. The zero-order valence-electron chi connectivity index (χ0n) is 14.2. The highest BCUT2D eigenvalue weighted by Gasteiger charge is 2.52.